The first-order valence-corrected chi connectivity index (χ1v) is 6.26. The smallest absolute Gasteiger partial charge is 0.199 e. The third kappa shape index (κ3) is 2.70. The minimum atomic E-state index is -1.35. The van der Waals surface area contributed by atoms with E-state index in [0.717, 1.165) is 0 Å². The van der Waals surface area contributed by atoms with Gasteiger partial charge >= 0.3 is 0 Å². The average molecular weight is 345 g/mol. The number of ether oxygens (including phenoxy) is 1. The molecule has 0 saturated heterocycles. The van der Waals surface area contributed by atoms with Crippen LogP contribution in [-0.4, -0.2) is 12.9 Å². The van der Waals surface area contributed by atoms with E-state index in [1.165, 1.54) is 19.2 Å². The second-order valence-electron chi connectivity index (χ2n) is 3.92. The fourth-order valence-corrected chi connectivity index (χ4v) is 2.03. The van der Waals surface area contributed by atoms with E-state index in [1.807, 2.05) is 0 Å². The van der Waals surface area contributed by atoms with Crippen molar-refractivity contribution in [2.75, 3.05) is 7.11 Å². The van der Waals surface area contributed by atoms with Crippen LogP contribution in [0.3, 0.4) is 0 Å². The van der Waals surface area contributed by atoms with Crippen molar-refractivity contribution >= 4 is 21.7 Å². The van der Waals surface area contributed by atoms with Gasteiger partial charge in [-0.2, -0.15) is 0 Å². The van der Waals surface area contributed by atoms with Crippen LogP contribution in [0.5, 0.6) is 5.75 Å². The fraction of sp³-hybridized carbons (Fsp3) is 0.0714. The summed E-state index contributed by atoms with van der Waals surface area (Å²) < 4.78 is 45.3. The quantitative estimate of drug-likeness (QED) is 0.618. The second-order valence-corrected chi connectivity index (χ2v) is 4.84. The lowest BCUT2D eigenvalue weighted by Gasteiger charge is -2.09. The molecular weight excluding hydrogens is 337 g/mol. The summed E-state index contributed by atoms with van der Waals surface area (Å²) >= 11 is 3.20. The Labute approximate surface area is 121 Å². The molecule has 2 aromatic carbocycles. The molecule has 0 unspecified atom stereocenters. The van der Waals surface area contributed by atoms with Crippen LogP contribution in [0.1, 0.15) is 15.9 Å². The Hall–Kier alpha value is -1.82. The van der Waals surface area contributed by atoms with Crippen LogP contribution in [0.2, 0.25) is 0 Å². The fourth-order valence-electron chi connectivity index (χ4n) is 1.69. The third-order valence-corrected chi connectivity index (χ3v) is 3.16. The standard InChI is InChI=1S/C14H8BrF3O2/c1-20-13-4-7(15)2-3-8(13)14(19)9-5-11(17)12(18)6-10(9)16/h2-6H,1H3. The molecule has 20 heavy (non-hydrogen) atoms. The second kappa shape index (κ2) is 5.66. The molecule has 0 saturated carbocycles. The maximum absolute atomic E-state index is 13.6. The molecule has 104 valence electrons. The monoisotopic (exact) mass is 344 g/mol. The molecule has 0 atom stereocenters. The number of benzene rings is 2. The van der Waals surface area contributed by atoms with Gasteiger partial charge in [0.25, 0.3) is 0 Å². The van der Waals surface area contributed by atoms with Crippen LogP contribution in [-0.2, 0) is 0 Å². The highest BCUT2D eigenvalue weighted by Crippen LogP contribution is 2.27. The Balaban J connectivity index is 2.54. The number of rotatable bonds is 3. The van der Waals surface area contributed by atoms with E-state index in [4.69, 9.17) is 4.74 Å². The summed E-state index contributed by atoms with van der Waals surface area (Å²) in [5.74, 6) is -4.34. The van der Waals surface area contributed by atoms with E-state index in [0.29, 0.717) is 16.6 Å². The number of ketones is 1. The highest BCUT2D eigenvalue weighted by molar-refractivity contribution is 9.10. The van der Waals surface area contributed by atoms with E-state index in [1.54, 1.807) is 6.07 Å². The zero-order chi connectivity index (χ0) is 14.9. The summed E-state index contributed by atoms with van der Waals surface area (Å²) in [4.78, 5) is 12.2. The van der Waals surface area contributed by atoms with Crippen LogP contribution in [0.25, 0.3) is 0 Å². The van der Waals surface area contributed by atoms with Crippen molar-refractivity contribution in [2.24, 2.45) is 0 Å². The number of hydrogen-bond donors (Lipinski definition) is 0. The van der Waals surface area contributed by atoms with Crippen molar-refractivity contribution in [3.63, 3.8) is 0 Å². The highest BCUT2D eigenvalue weighted by atomic mass is 79.9. The lowest BCUT2D eigenvalue weighted by atomic mass is 10.0. The van der Waals surface area contributed by atoms with Crippen molar-refractivity contribution in [2.45, 2.75) is 0 Å². The molecule has 0 spiro atoms. The molecule has 0 aromatic heterocycles. The van der Waals surface area contributed by atoms with Gasteiger partial charge in [-0.15, -0.1) is 0 Å². The van der Waals surface area contributed by atoms with Gasteiger partial charge in [0, 0.05) is 10.5 Å². The predicted octanol–water partition coefficient (Wildman–Crippen LogP) is 4.11. The summed E-state index contributed by atoms with van der Waals surface area (Å²) in [5.41, 5.74) is -0.495. The minimum absolute atomic E-state index is 0.0561. The molecule has 0 aliphatic carbocycles. The molecule has 0 N–H and O–H groups in total. The van der Waals surface area contributed by atoms with Crippen molar-refractivity contribution < 1.29 is 22.7 Å². The first-order chi connectivity index (χ1) is 9.43. The van der Waals surface area contributed by atoms with E-state index >= 15 is 0 Å². The van der Waals surface area contributed by atoms with Gasteiger partial charge < -0.3 is 4.74 Å². The first kappa shape index (κ1) is 14.6. The van der Waals surface area contributed by atoms with E-state index in [-0.39, 0.29) is 11.3 Å². The average Bonchev–Trinajstić information content (AvgIpc) is 2.42. The summed E-state index contributed by atoms with van der Waals surface area (Å²) in [6, 6.07) is 5.37. The lowest BCUT2D eigenvalue weighted by Crippen LogP contribution is -2.08. The van der Waals surface area contributed by atoms with Crippen LogP contribution < -0.4 is 4.74 Å². The summed E-state index contributed by atoms with van der Waals surface area (Å²) in [6.45, 7) is 0. The Morgan fingerprint density at radius 2 is 1.65 bits per heavy atom. The molecule has 0 aliphatic heterocycles. The van der Waals surface area contributed by atoms with Gasteiger partial charge in [0.05, 0.1) is 18.2 Å². The number of halogens is 4. The Kier molecular flexibility index (Phi) is 4.13. The van der Waals surface area contributed by atoms with Crippen molar-refractivity contribution in [3.05, 3.63) is 63.4 Å². The normalized spacial score (nSPS) is 10.4. The van der Waals surface area contributed by atoms with E-state index in [2.05, 4.69) is 15.9 Å². The van der Waals surface area contributed by atoms with Crippen molar-refractivity contribution in [1.29, 1.82) is 0 Å². The molecule has 0 amide bonds. The van der Waals surface area contributed by atoms with Gasteiger partial charge in [0.15, 0.2) is 17.4 Å². The van der Waals surface area contributed by atoms with Gasteiger partial charge in [0.2, 0.25) is 0 Å². The molecule has 2 aromatic rings. The predicted molar refractivity (Wildman–Crippen MR) is 70.4 cm³/mol. The van der Waals surface area contributed by atoms with Crippen LogP contribution in [0, 0.1) is 17.5 Å². The molecule has 2 nitrogen and oxygen atoms in total. The van der Waals surface area contributed by atoms with Crippen LogP contribution in [0.15, 0.2) is 34.8 Å². The summed E-state index contributed by atoms with van der Waals surface area (Å²) in [6.07, 6.45) is 0. The lowest BCUT2D eigenvalue weighted by molar-refractivity contribution is 0.103. The Bertz CT molecular complexity index is 686. The number of methoxy groups -OCH3 is 1. The van der Waals surface area contributed by atoms with Gasteiger partial charge in [-0.1, -0.05) is 15.9 Å². The van der Waals surface area contributed by atoms with Gasteiger partial charge in [-0.05, 0) is 24.3 Å². The topological polar surface area (TPSA) is 26.3 Å². The number of hydrogen-bond acceptors (Lipinski definition) is 2. The maximum Gasteiger partial charge on any atom is 0.199 e. The number of carbonyl (C=O) groups excluding carboxylic acids is 1. The molecule has 0 bridgehead atoms. The number of carbonyl (C=O) groups is 1. The van der Waals surface area contributed by atoms with Gasteiger partial charge in [-0.25, -0.2) is 13.2 Å². The molecular formula is C14H8BrF3O2. The maximum atomic E-state index is 13.6. The van der Waals surface area contributed by atoms with Crippen molar-refractivity contribution in [3.8, 4) is 5.75 Å². The summed E-state index contributed by atoms with van der Waals surface area (Å²) in [5, 5.41) is 0. The van der Waals surface area contributed by atoms with Gasteiger partial charge in [0.1, 0.15) is 11.6 Å². The van der Waals surface area contributed by atoms with Crippen molar-refractivity contribution in [1.82, 2.24) is 0 Å². The van der Waals surface area contributed by atoms with Gasteiger partial charge in [-0.3, -0.25) is 4.79 Å². The zero-order valence-electron chi connectivity index (χ0n) is 10.2. The van der Waals surface area contributed by atoms with E-state index in [9.17, 15) is 18.0 Å². The van der Waals surface area contributed by atoms with E-state index < -0.39 is 28.8 Å². The van der Waals surface area contributed by atoms with Crippen LogP contribution >= 0.6 is 15.9 Å². The summed E-state index contributed by atoms with van der Waals surface area (Å²) in [7, 11) is 1.35. The molecule has 0 aliphatic rings. The molecule has 6 heteroatoms. The molecule has 0 radical (unpaired) electrons. The molecule has 0 heterocycles. The zero-order valence-corrected chi connectivity index (χ0v) is 11.8. The molecule has 2 rings (SSSR count). The third-order valence-electron chi connectivity index (χ3n) is 2.66. The Morgan fingerprint density at radius 3 is 2.30 bits per heavy atom. The Morgan fingerprint density at radius 1 is 1.00 bits per heavy atom. The minimum Gasteiger partial charge on any atom is -0.496 e. The molecule has 0 fully saturated rings. The SMILES string of the molecule is COc1cc(Br)ccc1C(=O)c1cc(F)c(F)cc1F. The largest absolute Gasteiger partial charge is 0.496 e. The van der Waals surface area contributed by atoms with Crippen LogP contribution in [0.4, 0.5) is 13.2 Å². The first-order valence-electron chi connectivity index (χ1n) is 5.47. The highest BCUT2D eigenvalue weighted by Gasteiger charge is 2.20.